The lowest BCUT2D eigenvalue weighted by atomic mass is 10.2. The standard InChI is InChI=1S/C15H17N5O2/c1-18(2)10-7-5-9(6-8-10)12-16-11-13(17-12)19(3)15(22)20(4)14(11)21/h5-8H,1-4H3,(H,16,17). The van der Waals surface area contributed by atoms with Crippen LogP contribution in [0, 0.1) is 0 Å². The molecule has 2 heterocycles. The van der Waals surface area contributed by atoms with Gasteiger partial charge in [-0.05, 0) is 24.3 Å². The lowest BCUT2D eigenvalue weighted by molar-refractivity contribution is 0.709. The number of imidazole rings is 1. The van der Waals surface area contributed by atoms with Gasteiger partial charge in [-0.25, -0.2) is 9.78 Å². The Bertz CT molecular complexity index is 960. The van der Waals surface area contributed by atoms with E-state index in [9.17, 15) is 9.59 Å². The van der Waals surface area contributed by atoms with Gasteiger partial charge in [-0.2, -0.15) is 0 Å². The van der Waals surface area contributed by atoms with E-state index < -0.39 is 5.69 Å². The van der Waals surface area contributed by atoms with E-state index in [0.29, 0.717) is 17.0 Å². The summed E-state index contributed by atoms with van der Waals surface area (Å²) in [7, 11) is 6.99. The topological polar surface area (TPSA) is 75.9 Å². The number of benzene rings is 1. The number of hydrogen-bond acceptors (Lipinski definition) is 4. The zero-order valence-corrected chi connectivity index (χ0v) is 12.9. The van der Waals surface area contributed by atoms with Gasteiger partial charge in [0.05, 0.1) is 0 Å². The Morgan fingerprint density at radius 1 is 1.05 bits per heavy atom. The average molecular weight is 299 g/mol. The quantitative estimate of drug-likeness (QED) is 0.755. The van der Waals surface area contributed by atoms with Gasteiger partial charge in [0.2, 0.25) is 0 Å². The minimum absolute atomic E-state index is 0.330. The van der Waals surface area contributed by atoms with Gasteiger partial charge < -0.3 is 9.88 Å². The fourth-order valence-electron chi connectivity index (χ4n) is 2.38. The Balaban J connectivity index is 2.21. The van der Waals surface area contributed by atoms with Crippen LogP contribution in [0.4, 0.5) is 5.69 Å². The monoisotopic (exact) mass is 299 g/mol. The number of nitrogens with zero attached hydrogens (tertiary/aromatic N) is 4. The first-order chi connectivity index (χ1) is 10.4. The van der Waals surface area contributed by atoms with Gasteiger partial charge in [0.15, 0.2) is 5.65 Å². The molecular weight excluding hydrogens is 282 g/mol. The molecule has 2 aromatic heterocycles. The molecule has 0 fully saturated rings. The largest absolute Gasteiger partial charge is 0.378 e. The third-order valence-corrected chi connectivity index (χ3v) is 3.75. The molecular formula is C15H17N5O2. The number of rotatable bonds is 2. The summed E-state index contributed by atoms with van der Waals surface area (Å²) in [5.41, 5.74) is 1.86. The maximum Gasteiger partial charge on any atom is 0.332 e. The Hall–Kier alpha value is -2.83. The van der Waals surface area contributed by atoms with Crippen LogP contribution < -0.4 is 16.1 Å². The molecule has 1 aromatic carbocycles. The van der Waals surface area contributed by atoms with E-state index in [2.05, 4.69) is 9.97 Å². The second-order valence-corrected chi connectivity index (χ2v) is 5.43. The third-order valence-electron chi connectivity index (χ3n) is 3.75. The molecule has 0 unspecified atom stereocenters. The number of aromatic nitrogens is 4. The van der Waals surface area contributed by atoms with E-state index in [0.717, 1.165) is 15.8 Å². The fraction of sp³-hybridized carbons (Fsp3) is 0.267. The van der Waals surface area contributed by atoms with Gasteiger partial charge in [0.1, 0.15) is 11.3 Å². The highest BCUT2D eigenvalue weighted by Crippen LogP contribution is 2.21. The van der Waals surface area contributed by atoms with Crippen molar-refractivity contribution in [2.45, 2.75) is 0 Å². The summed E-state index contributed by atoms with van der Waals surface area (Å²) in [5, 5.41) is 0. The number of H-pyrrole nitrogens is 1. The van der Waals surface area contributed by atoms with Crippen LogP contribution >= 0.6 is 0 Å². The van der Waals surface area contributed by atoms with Gasteiger partial charge >= 0.3 is 5.69 Å². The summed E-state index contributed by atoms with van der Waals surface area (Å²) in [6.45, 7) is 0. The second-order valence-electron chi connectivity index (χ2n) is 5.43. The highest BCUT2D eigenvalue weighted by Gasteiger charge is 2.14. The van der Waals surface area contributed by atoms with E-state index in [1.807, 2.05) is 43.3 Å². The van der Waals surface area contributed by atoms with Crippen LogP contribution in [0.5, 0.6) is 0 Å². The molecule has 1 N–H and O–H groups in total. The van der Waals surface area contributed by atoms with Crippen LogP contribution in [0.3, 0.4) is 0 Å². The Labute approximate surface area is 126 Å². The molecule has 0 aliphatic heterocycles. The second kappa shape index (κ2) is 4.87. The van der Waals surface area contributed by atoms with E-state index in [4.69, 9.17) is 0 Å². The summed E-state index contributed by atoms with van der Waals surface area (Å²) < 4.78 is 2.43. The van der Waals surface area contributed by atoms with Crippen LogP contribution in [0.2, 0.25) is 0 Å². The predicted molar refractivity (Wildman–Crippen MR) is 86.3 cm³/mol. The third kappa shape index (κ3) is 2.02. The number of nitrogens with one attached hydrogen (secondary N) is 1. The molecule has 0 aliphatic rings. The van der Waals surface area contributed by atoms with Crippen molar-refractivity contribution in [3.8, 4) is 11.4 Å². The molecule has 7 nitrogen and oxygen atoms in total. The van der Waals surface area contributed by atoms with Crippen LogP contribution in [-0.4, -0.2) is 33.2 Å². The zero-order valence-electron chi connectivity index (χ0n) is 12.9. The van der Waals surface area contributed by atoms with Crippen molar-refractivity contribution in [3.63, 3.8) is 0 Å². The summed E-state index contributed by atoms with van der Waals surface area (Å²) in [6.07, 6.45) is 0. The summed E-state index contributed by atoms with van der Waals surface area (Å²) in [5.74, 6) is 0.568. The van der Waals surface area contributed by atoms with E-state index in [1.165, 1.54) is 11.6 Å². The maximum atomic E-state index is 12.2. The number of hydrogen-bond donors (Lipinski definition) is 1. The first kappa shape index (κ1) is 14.1. The van der Waals surface area contributed by atoms with Crippen molar-refractivity contribution in [2.75, 3.05) is 19.0 Å². The van der Waals surface area contributed by atoms with Crippen molar-refractivity contribution in [3.05, 3.63) is 45.1 Å². The van der Waals surface area contributed by atoms with Gasteiger partial charge in [0.25, 0.3) is 5.56 Å². The first-order valence-corrected chi connectivity index (χ1v) is 6.83. The molecule has 3 aromatic rings. The van der Waals surface area contributed by atoms with Gasteiger partial charge in [0, 0.05) is 39.4 Å². The van der Waals surface area contributed by atoms with Gasteiger partial charge in [-0.15, -0.1) is 0 Å². The number of aromatic amines is 1. The average Bonchev–Trinajstić information content (AvgIpc) is 2.96. The van der Waals surface area contributed by atoms with Gasteiger partial charge in [-0.3, -0.25) is 13.9 Å². The normalized spacial score (nSPS) is 11.1. The smallest absolute Gasteiger partial charge is 0.332 e. The van der Waals surface area contributed by atoms with E-state index >= 15 is 0 Å². The molecule has 0 amide bonds. The van der Waals surface area contributed by atoms with Crippen LogP contribution in [-0.2, 0) is 14.1 Å². The van der Waals surface area contributed by atoms with Crippen molar-refractivity contribution in [1.82, 2.24) is 19.1 Å². The Morgan fingerprint density at radius 3 is 2.27 bits per heavy atom. The van der Waals surface area contributed by atoms with Crippen molar-refractivity contribution >= 4 is 16.9 Å². The first-order valence-electron chi connectivity index (χ1n) is 6.83. The maximum absolute atomic E-state index is 12.2. The van der Waals surface area contributed by atoms with Crippen LogP contribution in [0.1, 0.15) is 0 Å². The molecule has 0 spiro atoms. The Morgan fingerprint density at radius 2 is 1.68 bits per heavy atom. The summed E-state index contributed by atoms with van der Waals surface area (Å²) >= 11 is 0. The summed E-state index contributed by atoms with van der Waals surface area (Å²) in [4.78, 5) is 33.5. The van der Waals surface area contributed by atoms with E-state index in [1.54, 1.807) is 7.05 Å². The predicted octanol–water partition coefficient (Wildman–Crippen LogP) is 0.693. The van der Waals surface area contributed by atoms with Crippen molar-refractivity contribution in [1.29, 1.82) is 0 Å². The molecule has 0 aliphatic carbocycles. The van der Waals surface area contributed by atoms with Crippen molar-refractivity contribution < 1.29 is 0 Å². The van der Waals surface area contributed by atoms with E-state index in [-0.39, 0.29) is 5.56 Å². The molecule has 0 atom stereocenters. The molecule has 0 radical (unpaired) electrons. The van der Waals surface area contributed by atoms with Crippen molar-refractivity contribution in [2.24, 2.45) is 14.1 Å². The lowest BCUT2D eigenvalue weighted by Gasteiger charge is -2.11. The highest BCUT2D eigenvalue weighted by atomic mass is 16.2. The highest BCUT2D eigenvalue weighted by molar-refractivity contribution is 5.75. The fourth-order valence-corrected chi connectivity index (χ4v) is 2.38. The SMILES string of the molecule is CN(C)c1ccc(-c2nc3c([nH]2)c(=O)n(C)c(=O)n3C)cc1. The zero-order chi connectivity index (χ0) is 16.0. The number of fused-ring (bicyclic) bond motifs is 1. The lowest BCUT2D eigenvalue weighted by Crippen LogP contribution is -2.36. The molecule has 0 saturated carbocycles. The van der Waals surface area contributed by atoms with Crippen LogP contribution in [0.25, 0.3) is 22.6 Å². The molecule has 3 rings (SSSR count). The molecule has 0 saturated heterocycles. The Kier molecular flexibility index (Phi) is 3.13. The number of anilines is 1. The summed E-state index contributed by atoms with van der Waals surface area (Å²) in [6, 6.07) is 7.80. The number of aryl methyl sites for hydroxylation is 1. The minimum atomic E-state index is -0.390. The molecule has 114 valence electrons. The molecule has 0 bridgehead atoms. The van der Waals surface area contributed by atoms with Crippen LogP contribution in [0.15, 0.2) is 33.9 Å². The van der Waals surface area contributed by atoms with Gasteiger partial charge in [-0.1, -0.05) is 0 Å². The molecule has 22 heavy (non-hydrogen) atoms. The minimum Gasteiger partial charge on any atom is -0.378 e. The molecule has 7 heteroatoms.